The average molecular weight is 311 g/mol. The molecule has 2 amide bonds. The molecule has 1 saturated carbocycles. The Morgan fingerprint density at radius 3 is 2.74 bits per heavy atom. The third-order valence-electron chi connectivity index (χ3n) is 4.06. The molecule has 2 N–H and O–H groups in total. The van der Waals surface area contributed by atoms with Gasteiger partial charge in [-0.05, 0) is 37.8 Å². The molecule has 1 fully saturated rings. The number of aryl methyl sites for hydroxylation is 1. The molecule has 1 heterocycles. The first kappa shape index (κ1) is 15.3. The number of urea groups is 1. The zero-order chi connectivity index (χ0) is 16.3. The first-order valence-electron chi connectivity index (χ1n) is 7.73. The molecule has 23 heavy (non-hydrogen) atoms. The Hall–Kier alpha value is -2.56. The number of carbonyl (C=O) groups excluding carboxylic acids is 1. The van der Waals surface area contributed by atoms with Gasteiger partial charge in [0.05, 0.1) is 19.0 Å². The lowest BCUT2D eigenvalue weighted by Crippen LogP contribution is -2.41. The summed E-state index contributed by atoms with van der Waals surface area (Å²) < 4.78 is 5.00. The number of pyridine rings is 1. The van der Waals surface area contributed by atoms with Gasteiger partial charge in [0.15, 0.2) is 0 Å². The first-order chi connectivity index (χ1) is 11.1. The number of carbonyl (C=O) groups is 1. The van der Waals surface area contributed by atoms with Gasteiger partial charge < -0.3 is 15.4 Å². The van der Waals surface area contributed by atoms with Crippen LogP contribution in [0.5, 0.6) is 5.88 Å². The fraction of sp³-hybridized carbons (Fsp3) is 0.333. The van der Waals surface area contributed by atoms with Gasteiger partial charge in [0.1, 0.15) is 0 Å². The van der Waals surface area contributed by atoms with Gasteiger partial charge in [-0.2, -0.15) is 0 Å². The highest BCUT2D eigenvalue weighted by atomic mass is 16.5. The Bertz CT molecular complexity index is 694. The minimum atomic E-state index is -0.192. The molecule has 1 aliphatic carbocycles. The summed E-state index contributed by atoms with van der Waals surface area (Å²) in [6.07, 6.45) is 4.46. The number of hydrogen-bond donors (Lipinski definition) is 2. The predicted molar refractivity (Wildman–Crippen MR) is 89.8 cm³/mol. The van der Waals surface area contributed by atoms with E-state index in [9.17, 15) is 4.79 Å². The van der Waals surface area contributed by atoms with Crippen LogP contribution in [-0.4, -0.2) is 23.7 Å². The SMILES string of the molecule is COc1ccc(NC(=O)NC2(Cc3cccc(C)c3)CC2)cn1. The number of rotatable bonds is 5. The van der Waals surface area contributed by atoms with Crippen molar-refractivity contribution in [2.45, 2.75) is 31.7 Å². The second kappa shape index (κ2) is 6.28. The standard InChI is InChI=1S/C18H21N3O2/c1-13-4-3-5-14(10-13)11-18(8-9-18)21-17(22)20-15-6-7-16(23-2)19-12-15/h3-7,10,12H,8-9,11H2,1-2H3,(H2,20,21,22). The van der Waals surface area contributed by atoms with E-state index in [4.69, 9.17) is 4.74 Å². The maximum absolute atomic E-state index is 12.2. The van der Waals surface area contributed by atoms with Crippen LogP contribution < -0.4 is 15.4 Å². The molecule has 0 atom stereocenters. The van der Waals surface area contributed by atoms with E-state index in [0.717, 1.165) is 19.3 Å². The highest BCUT2D eigenvalue weighted by Crippen LogP contribution is 2.38. The third-order valence-corrected chi connectivity index (χ3v) is 4.06. The minimum absolute atomic E-state index is 0.113. The minimum Gasteiger partial charge on any atom is -0.481 e. The van der Waals surface area contributed by atoms with E-state index in [1.165, 1.54) is 11.1 Å². The number of benzene rings is 1. The fourth-order valence-electron chi connectivity index (χ4n) is 2.69. The maximum Gasteiger partial charge on any atom is 0.319 e. The number of ether oxygens (including phenoxy) is 1. The molecule has 3 rings (SSSR count). The third kappa shape index (κ3) is 4.00. The van der Waals surface area contributed by atoms with Crippen LogP contribution in [0, 0.1) is 6.92 Å². The summed E-state index contributed by atoms with van der Waals surface area (Å²) in [6, 6.07) is 11.7. The second-order valence-corrected chi connectivity index (χ2v) is 6.11. The van der Waals surface area contributed by atoms with E-state index in [1.807, 2.05) is 0 Å². The van der Waals surface area contributed by atoms with Crippen molar-refractivity contribution in [3.63, 3.8) is 0 Å². The fourth-order valence-corrected chi connectivity index (χ4v) is 2.69. The molecule has 1 aromatic heterocycles. The Labute approximate surface area is 136 Å². The van der Waals surface area contributed by atoms with Gasteiger partial charge in [-0.1, -0.05) is 29.8 Å². The van der Waals surface area contributed by atoms with Gasteiger partial charge in [0.2, 0.25) is 5.88 Å². The van der Waals surface area contributed by atoms with Crippen molar-refractivity contribution in [1.82, 2.24) is 10.3 Å². The van der Waals surface area contributed by atoms with Gasteiger partial charge in [0.25, 0.3) is 0 Å². The van der Waals surface area contributed by atoms with E-state index in [2.05, 4.69) is 46.8 Å². The summed E-state index contributed by atoms with van der Waals surface area (Å²) in [5, 5.41) is 5.92. The monoisotopic (exact) mass is 311 g/mol. The Balaban J connectivity index is 1.58. The normalized spacial score (nSPS) is 14.9. The topological polar surface area (TPSA) is 63.2 Å². The molecule has 1 aromatic carbocycles. The largest absolute Gasteiger partial charge is 0.481 e. The van der Waals surface area contributed by atoms with E-state index in [-0.39, 0.29) is 11.6 Å². The van der Waals surface area contributed by atoms with Crippen molar-refractivity contribution < 1.29 is 9.53 Å². The summed E-state index contributed by atoms with van der Waals surface area (Å²) in [5.41, 5.74) is 3.04. The number of amides is 2. The van der Waals surface area contributed by atoms with Gasteiger partial charge in [-0.25, -0.2) is 9.78 Å². The molecule has 0 unspecified atom stereocenters. The van der Waals surface area contributed by atoms with Crippen molar-refractivity contribution >= 4 is 11.7 Å². The van der Waals surface area contributed by atoms with Gasteiger partial charge in [-0.3, -0.25) is 0 Å². The molecular formula is C18H21N3O2. The van der Waals surface area contributed by atoms with Crippen LogP contribution in [0.15, 0.2) is 42.6 Å². The lowest BCUT2D eigenvalue weighted by atomic mass is 10.0. The number of nitrogens with zero attached hydrogens (tertiary/aromatic N) is 1. The van der Waals surface area contributed by atoms with E-state index in [1.54, 1.807) is 25.4 Å². The molecule has 2 aromatic rings. The van der Waals surface area contributed by atoms with Gasteiger partial charge in [-0.15, -0.1) is 0 Å². The van der Waals surface area contributed by atoms with Crippen LogP contribution in [0.2, 0.25) is 0 Å². The zero-order valence-electron chi connectivity index (χ0n) is 13.4. The maximum atomic E-state index is 12.2. The lowest BCUT2D eigenvalue weighted by Gasteiger charge is -2.18. The van der Waals surface area contributed by atoms with Crippen LogP contribution in [-0.2, 0) is 6.42 Å². The second-order valence-electron chi connectivity index (χ2n) is 6.11. The molecule has 0 radical (unpaired) electrons. The summed E-state index contributed by atoms with van der Waals surface area (Å²) in [6.45, 7) is 2.08. The van der Waals surface area contributed by atoms with E-state index < -0.39 is 0 Å². The quantitative estimate of drug-likeness (QED) is 0.890. The van der Waals surface area contributed by atoms with E-state index >= 15 is 0 Å². The Morgan fingerprint density at radius 1 is 1.30 bits per heavy atom. The average Bonchev–Trinajstić information content (AvgIpc) is 3.27. The van der Waals surface area contributed by atoms with Crippen molar-refractivity contribution in [2.75, 3.05) is 12.4 Å². The van der Waals surface area contributed by atoms with Crippen LogP contribution >= 0.6 is 0 Å². The molecule has 120 valence electrons. The smallest absolute Gasteiger partial charge is 0.319 e. The van der Waals surface area contributed by atoms with Gasteiger partial charge in [0, 0.05) is 11.6 Å². The number of anilines is 1. The van der Waals surface area contributed by atoms with Crippen LogP contribution in [0.1, 0.15) is 24.0 Å². The van der Waals surface area contributed by atoms with Crippen LogP contribution in [0.3, 0.4) is 0 Å². The number of aromatic nitrogens is 1. The van der Waals surface area contributed by atoms with Crippen molar-refractivity contribution in [1.29, 1.82) is 0 Å². The van der Waals surface area contributed by atoms with Gasteiger partial charge >= 0.3 is 6.03 Å². The molecule has 0 aliphatic heterocycles. The molecule has 0 bridgehead atoms. The van der Waals surface area contributed by atoms with Crippen molar-refractivity contribution in [3.05, 3.63) is 53.7 Å². The highest BCUT2D eigenvalue weighted by molar-refractivity contribution is 5.89. The number of hydrogen-bond acceptors (Lipinski definition) is 3. The molecule has 5 nitrogen and oxygen atoms in total. The summed E-state index contributed by atoms with van der Waals surface area (Å²) >= 11 is 0. The first-order valence-corrected chi connectivity index (χ1v) is 7.73. The Kier molecular flexibility index (Phi) is 4.19. The van der Waals surface area contributed by atoms with Crippen LogP contribution in [0.4, 0.5) is 10.5 Å². The zero-order valence-corrected chi connectivity index (χ0v) is 13.4. The molecule has 5 heteroatoms. The molecule has 1 aliphatic rings. The van der Waals surface area contributed by atoms with Crippen molar-refractivity contribution in [3.8, 4) is 5.88 Å². The molecule has 0 saturated heterocycles. The lowest BCUT2D eigenvalue weighted by molar-refractivity contribution is 0.247. The molecule has 0 spiro atoms. The van der Waals surface area contributed by atoms with Crippen LogP contribution in [0.25, 0.3) is 0 Å². The van der Waals surface area contributed by atoms with E-state index in [0.29, 0.717) is 11.6 Å². The highest BCUT2D eigenvalue weighted by Gasteiger charge is 2.43. The summed E-state index contributed by atoms with van der Waals surface area (Å²) in [4.78, 5) is 16.3. The van der Waals surface area contributed by atoms with Crippen molar-refractivity contribution in [2.24, 2.45) is 0 Å². The number of methoxy groups -OCH3 is 1. The summed E-state index contributed by atoms with van der Waals surface area (Å²) in [7, 11) is 1.56. The summed E-state index contributed by atoms with van der Waals surface area (Å²) in [5.74, 6) is 0.522. The molecular weight excluding hydrogens is 290 g/mol. The predicted octanol–water partition coefficient (Wildman–Crippen LogP) is 3.30. The Morgan fingerprint density at radius 2 is 2.13 bits per heavy atom. The number of nitrogens with one attached hydrogen (secondary N) is 2.